The quantitative estimate of drug-likeness (QED) is 0.504. The zero-order chi connectivity index (χ0) is 13.4. The average Bonchev–Trinajstić information content (AvgIpc) is 2.64. The second-order valence-corrected chi connectivity index (χ2v) is 4.00. The highest BCUT2D eigenvalue weighted by atomic mass is 16.6. The van der Waals surface area contributed by atoms with Crippen LogP contribution in [0.1, 0.15) is 6.23 Å². The molecule has 3 N–H and O–H groups in total. The van der Waals surface area contributed by atoms with E-state index in [1.807, 2.05) is 0 Å². The normalized spacial score (nSPS) is 31.8. The molecule has 9 heteroatoms. The standard InChI is InChI=1S/C9H13N3O6/c1-11-8(16)10-3-12(9(11)17)7-6(15)5(14)4(2-13)18-7/h3-7,13-15H,2H2,1H3/t4-,5?,6+,7-/m1/s1. The number of ether oxygens (including phenoxy) is 1. The van der Waals surface area contributed by atoms with Gasteiger partial charge in [0, 0.05) is 7.05 Å². The van der Waals surface area contributed by atoms with Crippen molar-refractivity contribution in [3.05, 3.63) is 27.3 Å². The molecule has 1 aliphatic heterocycles. The molecule has 1 aromatic rings. The van der Waals surface area contributed by atoms with Gasteiger partial charge >= 0.3 is 11.4 Å². The first-order valence-corrected chi connectivity index (χ1v) is 5.24. The van der Waals surface area contributed by atoms with Gasteiger partial charge < -0.3 is 20.1 Å². The summed E-state index contributed by atoms with van der Waals surface area (Å²) in [6.07, 6.45) is -3.95. The van der Waals surface area contributed by atoms with Gasteiger partial charge in [-0.3, -0.25) is 4.57 Å². The lowest BCUT2D eigenvalue weighted by Crippen LogP contribution is -2.43. The van der Waals surface area contributed by atoms with Crippen molar-refractivity contribution in [3.8, 4) is 0 Å². The molecular formula is C9H13N3O6. The maximum atomic E-state index is 11.8. The number of hydrogen-bond donors (Lipinski definition) is 3. The number of hydrogen-bond acceptors (Lipinski definition) is 7. The fourth-order valence-electron chi connectivity index (χ4n) is 1.79. The summed E-state index contributed by atoms with van der Waals surface area (Å²) in [6.45, 7) is -0.497. The minimum atomic E-state index is -1.39. The summed E-state index contributed by atoms with van der Waals surface area (Å²) in [5, 5.41) is 28.2. The van der Waals surface area contributed by atoms with E-state index in [0.717, 1.165) is 15.5 Å². The minimum absolute atomic E-state index is 0.497. The summed E-state index contributed by atoms with van der Waals surface area (Å²) in [6, 6.07) is 0. The first-order valence-electron chi connectivity index (χ1n) is 5.24. The molecule has 1 aliphatic rings. The van der Waals surface area contributed by atoms with Crippen molar-refractivity contribution < 1.29 is 20.1 Å². The molecule has 18 heavy (non-hydrogen) atoms. The fraction of sp³-hybridized carbons (Fsp3) is 0.667. The van der Waals surface area contributed by atoms with Crippen molar-refractivity contribution in [2.45, 2.75) is 24.5 Å². The van der Waals surface area contributed by atoms with Crippen LogP contribution in [-0.4, -0.2) is 54.4 Å². The van der Waals surface area contributed by atoms with Crippen LogP contribution in [0.25, 0.3) is 0 Å². The maximum Gasteiger partial charge on any atom is 0.352 e. The first-order chi connectivity index (χ1) is 8.47. The van der Waals surface area contributed by atoms with E-state index in [0.29, 0.717) is 0 Å². The summed E-state index contributed by atoms with van der Waals surface area (Å²) in [4.78, 5) is 26.3. The van der Waals surface area contributed by atoms with Crippen LogP contribution in [-0.2, 0) is 11.8 Å². The van der Waals surface area contributed by atoms with Crippen LogP contribution in [0.15, 0.2) is 15.9 Å². The predicted molar refractivity (Wildman–Crippen MR) is 56.7 cm³/mol. The lowest BCUT2D eigenvalue weighted by molar-refractivity contribution is -0.0561. The topological polar surface area (TPSA) is 127 Å². The number of aliphatic hydroxyl groups excluding tert-OH is 3. The molecule has 0 amide bonds. The largest absolute Gasteiger partial charge is 0.394 e. The molecule has 4 atom stereocenters. The van der Waals surface area contributed by atoms with Crippen molar-refractivity contribution in [2.75, 3.05) is 6.61 Å². The van der Waals surface area contributed by atoms with Gasteiger partial charge in [-0.1, -0.05) is 0 Å². The smallest absolute Gasteiger partial charge is 0.352 e. The highest BCUT2D eigenvalue weighted by molar-refractivity contribution is 4.90. The average molecular weight is 259 g/mol. The summed E-state index contributed by atoms with van der Waals surface area (Å²) in [7, 11) is 1.23. The Hall–Kier alpha value is -1.55. The van der Waals surface area contributed by atoms with E-state index in [-0.39, 0.29) is 0 Å². The Morgan fingerprint density at radius 2 is 2.06 bits per heavy atom. The molecular weight excluding hydrogens is 246 g/mol. The molecule has 100 valence electrons. The Morgan fingerprint density at radius 1 is 1.39 bits per heavy atom. The number of nitrogens with zero attached hydrogens (tertiary/aromatic N) is 3. The lowest BCUT2D eigenvalue weighted by atomic mass is 10.1. The minimum Gasteiger partial charge on any atom is -0.394 e. The molecule has 0 aliphatic carbocycles. The molecule has 9 nitrogen and oxygen atoms in total. The molecule has 1 aromatic heterocycles. The number of aromatic nitrogens is 3. The van der Waals surface area contributed by atoms with Crippen LogP contribution in [0.4, 0.5) is 0 Å². The summed E-state index contributed by atoms with van der Waals surface area (Å²) >= 11 is 0. The van der Waals surface area contributed by atoms with E-state index < -0.39 is 42.5 Å². The maximum absolute atomic E-state index is 11.8. The predicted octanol–water partition coefficient (Wildman–Crippen LogP) is -3.45. The molecule has 0 saturated carbocycles. The van der Waals surface area contributed by atoms with Gasteiger partial charge in [0.15, 0.2) is 6.23 Å². The van der Waals surface area contributed by atoms with E-state index in [1.165, 1.54) is 7.05 Å². The van der Waals surface area contributed by atoms with E-state index in [4.69, 9.17) is 9.84 Å². The Labute approximate surface area is 101 Å². The van der Waals surface area contributed by atoms with Crippen LogP contribution in [0, 0.1) is 0 Å². The molecule has 2 heterocycles. The van der Waals surface area contributed by atoms with Crippen LogP contribution in [0.3, 0.4) is 0 Å². The van der Waals surface area contributed by atoms with E-state index in [2.05, 4.69) is 4.98 Å². The van der Waals surface area contributed by atoms with Gasteiger partial charge in [0.2, 0.25) is 0 Å². The van der Waals surface area contributed by atoms with E-state index in [1.54, 1.807) is 0 Å². The van der Waals surface area contributed by atoms with E-state index in [9.17, 15) is 19.8 Å². The van der Waals surface area contributed by atoms with Gasteiger partial charge in [0.1, 0.15) is 24.6 Å². The molecule has 1 fully saturated rings. The Kier molecular flexibility index (Phi) is 3.30. The fourth-order valence-corrected chi connectivity index (χ4v) is 1.79. The van der Waals surface area contributed by atoms with Crippen molar-refractivity contribution >= 4 is 0 Å². The SMILES string of the molecule is Cn1c(=O)ncn([C@@H]2O[C@H](CO)C(O)[C@@H]2O)c1=O. The highest BCUT2D eigenvalue weighted by Gasteiger charge is 2.43. The summed E-state index contributed by atoms with van der Waals surface area (Å²) in [5.41, 5.74) is -1.46. The zero-order valence-electron chi connectivity index (χ0n) is 9.50. The third-order valence-electron chi connectivity index (χ3n) is 2.88. The van der Waals surface area contributed by atoms with Gasteiger partial charge in [0.05, 0.1) is 6.61 Å². The van der Waals surface area contributed by atoms with Crippen molar-refractivity contribution in [1.29, 1.82) is 0 Å². The number of aliphatic hydroxyl groups is 3. The molecule has 1 unspecified atom stereocenters. The van der Waals surface area contributed by atoms with Crippen LogP contribution < -0.4 is 11.4 Å². The van der Waals surface area contributed by atoms with Gasteiger partial charge in [-0.25, -0.2) is 14.2 Å². The molecule has 0 spiro atoms. The van der Waals surface area contributed by atoms with Crippen LogP contribution in [0.2, 0.25) is 0 Å². The highest BCUT2D eigenvalue weighted by Crippen LogP contribution is 2.27. The Bertz CT molecular complexity index is 552. The molecule has 2 rings (SSSR count). The van der Waals surface area contributed by atoms with Crippen LogP contribution in [0.5, 0.6) is 0 Å². The second-order valence-electron chi connectivity index (χ2n) is 4.00. The Morgan fingerprint density at radius 3 is 2.61 bits per heavy atom. The molecule has 0 bridgehead atoms. The zero-order valence-corrected chi connectivity index (χ0v) is 9.50. The molecule has 0 radical (unpaired) electrons. The summed E-state index contributed by atoms with van der Waals surface area (Å²) < 4.78 is 6.79. The number of rotatable bonds is 2. The first kappa shape index (κ1) is 12.9. The van der Waals surface area contributed by atoms with Gasteiger partial charge in [-0.15, -0.1) is 0 Å². The van der Waals surface area contributed by atoms with Crippen LogP contribution >= 0.6 is 0 Å². The van der Waals surface area contributed by atoms with E-state index >= 15 is 0 Å². The third-order valence-corrected chi connectivity index (χ3v) is 2.88. The molecule has 0 aromatic carbocycles. The molecule has 1 saturated heterocycles. The van der Waals surface area contributed by atoms with Gasteiger partial charge in [-0.05, 0) is 0 Å². The lowest BCUT2D eigenvalue weighted by Gasteiger charge is -2.17. The third kappa shape index (κ3) is 1.86. The summed E-state index contributed by atoms with van der Waals surface area (Å²) in [5.74, 6) is 0. The van der Waals surface area contributed by atoms with Crippen molar-refractivity contribution in [1.82, 2.24) is 14.1 Å². The van der Waals surface area contributed by atoms with Gasteiger partial charge in [0.25, 0.3) is 0 Å². The second kappa shape index (κ2) is 4.61. The van der Waals surface area contributed by atoms with Crippen molar-refractivity contribution in [3.63, 3.8) is 0 Å². The van der Waals surface area contributed by atoms with Crippen molar-refractivity contribution in [2.24, 2.45) is 7.05 Å². The van der Waals surface area contributed by atoms with Gasteiger partial charge in [-0.2, -0.15) is 4.98 Å². The monoisotopic (exact) mass is 259 g/mol. The Balaban J connectivity index is 2.42.